The van der Waals surface area contributed by atoms with Crippen molar-refractivity contribution in [2.75, 3.05) is 25.5 Å². The molecule has 6 heteroatoms. The molecule has 1 aromatic rings. The summed E-state index contributed by atoms with van der Waals surface area (Å²) in [6, 6.07) is 7.34. The molecule has 1 heterocycles. The van der Waals surface area contributed by atoms with Crippen LogP contribution < -0.4 is 10.1 Å². The van der Waals surface area contributed by atoms with E-state index in [0.717, 1.165) is 31.7 Å². The van der Waals surface area contributed by atoms with E-state index in [9.17, 15) is 9.59 Å². The van der Waals surface area contributed by atoms with Crippen LogP contribution in [0.25, 0.3) is 0 Å². The topological polar surface area (TPSA) is 58.6 Å². The Bertz CT molecular complexity index is 679. The summed E-state index contributed by atoms with van der Waals surface area (Å²) < 4.78 is 6.02. The van der Waals surface area contributed by atoms with Crippen LogP contribution in [-0.2, 0) is 9.59 Å². The van der Waals surface area contributed by atoms with Gasteiger partial charge in [0.25, 0.3) is 0 Å². The molecule has 5 nitrogen and oxygen atoms in total. The number of anilines is 1. The van der Waals surface area contributed by atoms with Gasteiger partial charge in [-0.1, -0.05) is 24.3 Å². The summed E-state index contributed by atoms with van der Waals surface area (Å²) in [5, 5.41) is 2.79. The summed E-state index contributed by atoms with van der Waals surface area (Å²) in [6.45, 7) is 2.06. The van der Waals surface area contributed by atoms with Gasteiger partial charge in [0.15, 0.2) is 5.78 Å². The van der Waals surface area contributed by atoms with Crippen LogP contribution in [0.3, 0.4) is 0 Å². The molecule has 3 rings (SSSR count). The van der Waals surface area contributed by atoms with E-state index in [0.29, 0.717) is 5.69 Å². The maximum Gasteiger partial charge on any atom is 0.239 e. The number of hydrogen-bond acceptors (Lipinski definition) is 4. The molecule has 1 N–H and O–H groups in total. The van der Waals surface area contributed by atoms with Gasteiger partial charge in [-0.05, 0) is 38.1 Å². The first kappa shape index (κ1) is 19.2. The summed E-state index contributed by atoms with van der Waals surface area (Å²) in [5.41, 5.74) is 0.640. The fourth-order valence-corrected chi connectivity index (χ4v) is 2.90. The van der Waals surface area contributed by atoms with Crippen molar-refractivity contribution in [3.63, 3.8) is 0 Å². The monoisotopic (exact) mass is 362 g/mol. The van der Waals surface area contributed by atoms with Crippen LogP contribution in [0.2, 0.25) is 0 Å². The van der Waals surface area contributed by atoms with Gasteiger partial charge in [-0.3, -0.25) is 9.59 Å². The molecule has 0 bridgehead atoms. The number of hydrogen-bond donors (Lipinski definition) is 1. The molecule has 1 saturated heterocycles. The third-order valence-electron chi connectivity index (χ3n) is 4.33. The van der Waals surface area contributed by atoms with E-state index in [1.807, 2.05) is 18.2 Å². The Balaban J connectivity index is 0.00000225. The average molecular weight is 363 g/mol. The molecule has 0 radical (unpaired) electrons. The van der Waals surface area contributed by atoms with Crippen molar-refractivity contribution in [2.45, 2.75) is 18.9 Å². The van der Waals surface area contributed by atoms with Crippen molar-refractivity contribution in [1.29, 1.82) is 0 Å². The number of benzene rings is 1. The van der Waals surface area contributed by atoms with Crippen LogP contribution in [0.1, 0.15) is 12.8 Å². The van der Waals surface area contributed by atoms with E-state index in [-0.39, 0.29) is 30.2 Å². The fourth-order valence-electron chi connectivity index (χ4n) is 2.90. The number of ketones is 1. The van der Waals surface area contributed by atoms with Crippen molar-refractivity contribution in [1.82, 2.24) is 4.90 Å². The molecule has 1 amide bonds. The number of amides is 1. The van der Waals surface area contributed by atoms with Gasteiger partial charge in [-0.25, -0.2) is 0 Å². The molecule has 1 aliphatic heterocycles. The minimum Gasteiger partial charge on any atom is -0.490 e. The summed E-state index contributed by atoms with van der Waals surface area (Å²) >= 11 is 0. The Morgan fingerprint density at radius 3 is 2.72 bits per heavy atom. The van der Waals surface area contributed by atoms with Crippen molar-refractivity contribution in [3.05, 3.63) is 48.6 Å². The number of carbonyl (C=O) groups is 2. The lowest BCUT2D eigenvalue weighted by Gasteiger charge is -2.29. The lowest BCUT2D eigenvalue weighted by Crippen LogP contribution is -2.35. The van der Waals surface area contributed by atoms with Gasteiger partial charge in [0.05, 0.1) is 0 Å². The lowest BCUT2D eigenvalue weighted by molar-refractivity contribution is -0.126. The van der Waals surface area contributed by atoms with Gasteiger partial charge < -0.3 is 15.0 Å². The van der Waals surface area contributed by atoms with Crippen molar-refractivity contribution in [3.8, 4) is 5.75 Å². The number of piperidine rings is 1. The molecule has 2 aliphatic rings. The average Bonchev–Trinajstić information content (AvgIpc) is 2.58. The molecule has 1 fully saturated rings. The molecule has 134 valence electrons. The number of ether oxygens (including phenoxy) is 1. The molecule has 0 saturated carbocycles. The Hall–Kier alpha value is -2.11. The second-order valence-corrected chi connectivity index (χ2v) is 6.26. The molecule has 1 unspecified atom stereocenters. The first-order chi connectivity index (χ1) is 11.6. The number of allylic oxidation sites excluding steroid dienone is 3. The van der Waals surface area contributed by atoms with Gasteiger partial charge >= 0.3 is 0 Å². The first-order valence-electron chi connectivity index (χ1n) is 8.26. The maximum absolute atomic E-state index is 12.3. The molecule has 1 atom stereocenters. The van der Waals surface area contributed by atoms with Gasteiger partial charge in [0, 0.05) is 24.8 Å². The smallest absolute Gasteiger partial charge is 0.239 e. The fraction of sp³-hybridized carbons (Fsp3) is 0.368. The summed E-state index contributed by atoms with van der Waals surface area (Å²) in [7, 11) is 2.11. The predicted octanol–water partition coefficient (Wildman–Crippen LogP) is 2.83. The van der Waals surface area contributed by atoms with E-state index < -0.39 is 5.92 Å². The van der Waals surface area contributed by atoms with Crippen molar-refractivity contribution >= 4 is 29.8 Å². The van der Waals surface area contributed by atoms with Gasteiger partial charge in [0.2, 0.25) is 5.91 Å². The highest BCUT2D eigenvalue weighted by molar-refractivity contribution is 6.13. The molecule has 0 spiro atoms. The van der Waals surface area contributed by atoms with E-state index in [2.05, 4.69) is 17.3 Å². The highest BCUT2D eigenvalue weighted by atomic mass is 35.5. The van der Waals surface area contributed by atoms with Crippen molar-refractivity contribution in [2.24, 2.45) is 5.92 Å². The number of nitrogens with one attached hydrogen (secondary N) is 1. The largest absolute Gasteiger partial charge is 0.490 e. The summed E-state index contributed by atoms with van der Waals surface area (Å²) in [4.78, 5) is 26.3. The van der Waals surface area contributed by atoms with Crippen LogP contribution in [0, 0.1) is 5.92 Å². The zero-order valence-corrected chi connectivity index (χ0v) is 15.0. The maximum atomic E-state index is 12.3. The van der Waals surface area contributed by atoms with Gasteiger partial charge in [0.1, 0.15) is 17.8 Å². The van der Waals surface area contributed by atoms with E-state index in [1.54, 1.807) is 24.3 Å². The van der Waals surface area contributed by atoms with Crippen LogP contribution >= 0.6 is 12.4 Å². The Morgan fingerprint density at radius 2 is 2.00 bits per heavy atom. The summed E-state index contributed by atoms with van der Waals surface area (Å²) in [6.07, 6.45) is 8.59. The molecule has 1 aliphatic carbocycles. The minimum absolute atomic E-state index is 0. The SMILES string of the molecule is CN1CCC(Oc2cccc(NC(=O)C3C=CC=CC3=O)c2)CC1.Cl. The zero-order valence-electron chi connectivity index (χ0n) is 14.2. The van der Waals surface area contributed by atoms with E-state index in [1.165, 1.54) is 6.08 Å². The standard InChI is InChI=1S/C19H22N2O3.ClH/c1-21-11-9-15(10-12-21)24-16-6-4-5-14(13-16)20-19(23)17-7-2-3-8-18(17)22;/h2-8,13,15,17H,9-12H2,1H3,(H,20,23);1H. The number of halogens is 1. The zero-order chi connectivity index (χ0) is 16.9. The first-order valence-corrected chi connectivity index (χ1v) is 8.26. The second kappa shape index (κ2) is 8.83. The minimum atomic E-state index is -0.756. The second-order valence-electron chi connectivity index (χ2n) is 6.26. The van der Waals surface area contributed by atoms with Crippen LogP contribution in [0.4, 0.5) is 5.69 Å². The lowest BCUT2D eigenvalue weighted by atomic mass is 9.98. The highest BCUT2D eigenvalue weighted by Crippen LogP contribution is 2.22. The number of likely N-dealkylation sites (tertiary alicyclic amines) is 1. The van der Waals surface area contributed by atoms with Crippen LogP contribution in [-0.4, -0.2) is 42.8 Å². The third-order valence-corrected chi connectivity index (χ3v) is 4.33. The quantitative estimate of drug-likeness (QED) is 0.837. The van der Waals surface area contributed by atoms with E-state index in [4.69, 9.17) is 4.74 Å². The summed E-state index contributed by atoms with van der Waals surface area (Å²) in [5.74, 6) is -0.535. The van der Waals surface area contributed by atoms with Gasteiger partial charge in [-0.15, -0.1) is 12.4 Å². The van der Waals surface area contributed by atoms with Crippen LogP contribution in [0.15, 0.2) is 48.6 Å². The molecular weight excluding hydrogens is 340 g/mol. The predicted molar refractivity (Wildman–Crippen MR) is 100 cm³/mol. The van der Waals surface area contributed by atoms with Gasteiger partial charge in [-0.2, -0.15) is 0 Å². The highest BCUT2D eigenvalue weighted by Gasteiger charge is 2.23. The van der Waals surface area contributed by atoms with Crippen molar-refractivity contribution < 1.29 is 14.3 Å². The molecular formula is C19H23ClN2O3. The Labute approximate surface area is 154 Å². The molecule has 1 aromatic carbocycles. The number of rotatable bonds is 4. The van der Waals surface area contributed by atoms with E-state index >= 15 is 0 Å². The third kappa shape index (κ3) is 5.18. The Kier molecular flexibility index (Phi) is 6.79. The number of carbonyl (C=O) groups excluding carboxylic acids is 2. The molecule has 0 aromatic heterocycles. The Morgan fingerprint density at radius 1 is 1.24 bits per heavy atom. The molecule has 25 heavy (non-hydrogen) atoms. The van der Waals surface area contributed by atoms with Crippen LogP contribution in [0.5, 0.6) is 5.75 Å². The number of nitrogens with zero attached hydrogens (tertiary/aromatic N) is 1. The normalized spacial score (nSPS) is 20.8.